The molecule has 80 valence electrons. The van der Waals surface area contributed by atoms with E-state index in [1.165, 1.54) is 38.5 Å². The zero-order valence-corrected chi connectivity index (χ0v) is 9.47. The Kier molecular flexibility index (Phi) is 11.6. The van der Waals surface area contributed by atoms with Crippen molar-refractivity contribution in [2.45, 2.75) is 64.7 Å². The molecule has 0 saturated carbocycles. The number of rotatable bonds is 9. The molecule has 0 bridgehead atoms. The van der Waals surface area contributed by atoms with Gasteiger partial charge in [-0.1, -0.05) is 44.8 Å². The second-order valence-electron chi connectivity index (χ2n) is 3.72. The number of allylic oxidation sites excluding steroid dienone is 2. The van der Waals surface area contributed by atoms with E-state index in [4.69, 9.17) is 5.26 Å². The van der Waals surface area contributed by atoms with Crippen LogP contribution in [0.15, 0.2) is 12.2 Å². The summed E-state index contributed by atoms with van der Waals surface area (Å²) in [5.74, 6) is 0. The van der Waals surface area contributed by atoms with Crippen molar-refractivity contribution in [2.24, 2.45) is 0 Å². The Morgan fingerprint density at radius 1 is 0.929 bits per heavy atom. The summed E-state index contributed by atoms with van der Waals surface area (Å²) in [6.45, 7) is 2.25. The van der Waals surface area contributed by atoms with Gasteiger partial charge in [0.15, 0.2) is 0 Å². The van der Waals surface area contributed by atoms with Crippen LogP contribution < -0.4 is 0 Å². The van der Waals surface area contributed by atoms with Crippen molar-refractivity contribution < 1.29 is 0 Å². The van der Waals surface area contributed by atoms with Crippen LogP contribution in [0, 0.1) is 11.3 Å². The molecule has 0 aliphatic carbocycles. The lowest BCUT2D eigenvalue weighted by Gasteiger charge is -1.95. The van der Waals surface area contributed by atoms with Gasteiger partial charge in [-0.2, -0.15) is 5.26 Å². The molecule has 0 aliphatic rings. The number of hydrogen-bond acceptors (Lipinski definition) is 1. The minimum atomic E-state index is 0.695. The molecule has 0 N–H and O–H groups in total. The van der Waals surface area contributed by atoms with E-state index >= 15 is 0 Å². The monoisotopic (exact) mass is 193 g/mol. The standard InChI is InChI=1S/C13H23N/c1-2-3-4-5-6-7-8-9-10-11-12-13-14/h8-9H,2-7,10-12H2,1H3. The predicted molar refractivity (Wildman–Crippen MR) is 62.0 cm³/mol. The molecule has 0 saturated heterocycles. The topological polar surface area (TPSA) is 23.8 Å². The molecule has 1 nitrogen and oxygen atoms in total. The number of hydrogen-bond donors (Lipinski definition) is 0. The lowest BCUT2D eigenvalue weighted by Crippen LogP contribution is -1.76. The molecule has 14 heavy (non-hydrogen) atoms. The van der Waals surface area contributed by atoms with Crippen LogP contribution in [-0.4, -0.2) is 0 Å². The Labute approximate surface area is 88.8 Å². The summed E-state index contributed by atoms with van der Waals surface area (Å²) in [7, 11) is 0. The summed E-state index contributed by atoms with van der Waals surface area (Å²) < 4.78 is 0. The van der Waals surface area contributed by atoms with E-state index in [2.05, 4.69) is 25.1 Å². The summed E-state index contributed by atoms with van der Waals surface area (Å²) in [5, 5.41) is 8.32. The molecule has 0 radical (unpaired) electrons. The van der Waals surface area contributed by atoms with Crippen LogP contribution in [0.2, 0.25) is 0 Å². The molecule has 0 unspecified atom stereocenters. The Bertz CT molecular complexity index is 165. The molecule has 0 spiro atoms. The minimum absolute atomic E-state index is 0.695. The average molecular weight is 193 g/mol. The van der Waals surface area contributed by atoms with E-state index in [-0.39, 0.29) is 0 Å². The smallest absolute Gasteiger partial charge is 0.0621 e. The summed E-state index contributed by atoms with van der Waals surface area (Å²) >= 11 is 0. The fourth-order valence-corrected chi connectivity index (χ4v) is 1.40. The van der Waals surface area contributed by atoms with Gasteiger partial charge in [-0.15, -0.1) is 0 Å². The van der Waals surface area contributed by atoms with E-state index in [1.807, 2.05) is 0 Å². The first-order chi connectivity index (χ1) is 6.91. The van der Waals surface area contributed by atoms with Gasteiger partial charge in [-0.05, 0) is 25.7 Å². The Morgan fingerprint density at radius 3 is 2.21 bits per heavy atom. The Balaban J connectivity index is 3.00. The van der Waals surface area contributed by atoms with Crippen molar-refractivity contribution in [1.82, 2.24) is 0 Å². The first-order valence-corrected chi connectivity index (χ1v) is 5.93. The highest BCUT2D eigenvalue weighted by Gasteiger charge is 1.86. The van der Waals surface area contributed by atoms with E-state index < -0.39 is 0 Å². The maximum atomic E-state index is 8.32. The molecule has 0 heterocycles. The second-order valence-corrected chi connectivity index (χ2v) is 3.72. The number of nitriles is 1. The zero-order valence-electron chi connectivity index (χ0n) is 9.47. The van der Waals surface area contributed by atoms with Gasteiger partial charge in [0.05, 0.1) is 6.07 Å². The highest BCUT2D eigenvalue weighted by atomic mass is 14.2. The van der Waals surface area contributed by atoms with E-state index in [9.17, 15) is 0 Å². The van der Waals surface area contributed by atoms with Crippen molar-refractivity contribution >= 4 is 0 Å². The number of unbranched alkanes of at least 4 members (excludes halogenated alkanes) is 7. The van der Waals surface area contributed by atoms with Gasteiger partial charge in [0, 0.05) is 6.42 Å². The van der Waals surface area contributed by atoms with Crippen LogP contribution in [0.1, 0.15) is 64.7 Å². The van der Waals surface area contributed by atoms with Gasteiger partial charge in [-0.3, -0.25) is 0 Å². The van der Waals surface area contributed by atoms with E-state index in [0.29, 0.717) is 6.42 Å². The van der Waals surface area contributed by atoms with E-state index in [1.54, 1.807) is 0 Å². The maximum Gasteiger partial charge on any atom is 0.0621 e. The quantitative estimate of drug-likeness (QED) is 0.388. The van der Waals surface area contributed by atoms with Gasteiger partial charge in [0.25, 0.3) is 0 Å². The lowest BCUT2D eigenvalue weighted by molar-refractivity contribution is 0.637. The fraction of sp³-hybridized carbons (Fsp3) is 0.769. The second kappa shape index (κ2) is 12.2. The molecule has 0 amide bonds. The van der Waals surface area contributed by atoms with E-state index in [0.717, 1.165) is 12.8 Å². The van der Waals surface area contributed by atoms with Crippen LogP contribution in [0.4, 0.5) is 0 Å². The van der Waals surface area contributed by atoms with Crippen LogP contribution in [0.3, 0.4) is 0 Å². The van der Waals surface area contributed by atoms with Crippen molar-refractivity contribution in [1.29, 1.82) is 5.26 Å². The Hall–Kier alpha value is -0.770. The van der Waals surface area contributed by atoms with Gasteiger partial charge < -0.3 is 0 Å². The van der Waals surface area contributed by atoms with Gasteiger partial charge >= 0.3 is 0 Å². The fourth-order valence-electron chi connectivity index (χ4n) is 1.40. The average Bonchev–Trinajstić information content (AvgIpc) is 2.21. The number of nitrogens with zero attached hydrogens (tertiary/aromatic N) is 1. The van der Waals surface area contributed by atoms with Crippen molar-refractivity contribution in [3.05, 3.63) is 12.2 Å². The van der Waals surface area contributed by atoms with Gasteiger partial charge in [0.1, 0.15) is 0 Å². The van der Waals surface area contributed by atoms with Crippen molar-refractivity contribution in [2.75, 3.05) is 0 Å². The highest BCUT2D eigenvalue weighted by Crippen LogP contribution is 2.06. The van der Waals surface area contributed by atoms with Crippen LogP contribution >= 0.6 is 0 Å². The molecule has 0 aromatic heterocycles. The van der Waals surface area contributed by atoms with Crippen LogP contribution in [0.5, 0.6) is 0 Å². The SMILES string of the molecule is CCCCCCCC=CCCCC#N. The van der Waals surface area contributed by atoms with Crippen molar-refractivity contribution in [3.8, 4) is 6.07 Å². The first kappa shape index (κ1) is 13.2. The summed E-state index contributed by atoms with van der Waals surface area (Å²) in [6, 6.07) is 2.16. The van der Waals surface area contributed by atoms with Crippen LogP contribution in [-0.2, 0) is 0 Å². The lowest BCUT2D eigenvalue weighted by atomic mass is 10.1. The van der Waals surface area contributed by atoms with Crippen molar-refractivity contribution in [3.63, 3.8) is 0 Å². The molecular weight excluding hydrogens is 170 g/mol. The molecule has 1 heteroatoms. The normalized spacial score (nSPS) is 10.6. The molecule has 0 aromatic rings. The largest absolute Gasteiger partial charge is 0.198 e. The molecule has 0 rings (SSSR count). The molecule has 0 atom stereocenters. The van der Waals surface area contributed by atoms with Gasteiger partial charge in [-0.25, -0.2) is 0 Å². The first-order valence-electron chi connectivity index (χ1n) is 5.93. The molecular formula is C13H23N. The molecule has 0 aliphatic heterocycles. The highest BCUT2D eigenvalue weighted by molar-refractivity contribution is 4.82. The summed E-state index contributed by atoms with van der Waals surface area (Å²) in [5.41, 5.74) is 0. The predicted octanol–water partition coefficient (Wildman–Crippen LogP) is 4.60. The third-order valence-corrected chi connectivity index (χ3v) is 2.30. The third-order valence-electron chi connectivity index (χ3n) is 2.30. The molecule has 0 aromatic carbocycles. The summed E-state index contributed by atoms with van der Waals surface area (Å²) in [4.78, 5) is 0. The third kappa shape index (κ3) is 11.2. The van der Waals surface area contributed by atoms with Gasteiger partial charge in [0.2, 0.25) is 0 Å². The van der Waals surface area contributed by atoms with Crippen LogP contribution in [0.25, 0.3) is 0 Å². The zero-order chi connectivity index (χ0) is 10.5. The molecule has 0 fully saturated rings. The Morgan fingerprint density at radius 2 is 1.57 bits per heavy atom. The minimum Gasteiger partial charge on any atom is -0.198 e. The maximum absolute atomic E-state index is 8.32. The summed E-state index contributed by atoms with van der Waals surface area (Å²) in [6.07, 6.45) is 15.3.